The fourth-order valence-corrected chi connectivity index (χ4v) is 2.16. The van der Waals surface area contributed by atoms with E-state index >= 15 is 0 Å². The van der Waals surface area contributed by atoms with Crippen LogP contribution in [0.25, 0.3) is 0 Å². The maximum atomic E-state index is 12.1. The molecule has 0 aliphatic carbocycles. The third-order valence-corrected chi connectivity index (χ3v) is 3.43. The molecule has 0 amide bonds. The first kappa shape index (κ1) is 18.9. The molecule has 0 N–H and O–H groups in total. The van der Waals surface area contributed by atoms with E-state index in [1.54, 1.807) is 24.3 Å². The van der Waals surface area contributed by atoms with Gasteiger partial charge in [-0.25, -0.2) is 4.79 Å². The Bertz CT molecular complexity index is 815. The Balaban J connectivity index is 2.02. The molecule has 0 heterocycles. The number of benzene rings is 2. The number of esters is 1. The van der Waals surface area contributed by atoms with E-state index < -0.39 is 23.3 Å². The summed E-state index contributed by atoms with van der Waals surface area (Å²) in [5, 5.41) is 11.0. The van der Waals surface area contributed by atoms with Crippen molar-refractivity contribution in [2.45, 2.75) is 6.92 Å². The monoisotopic (exact) mass is 359 g/mol. The van der Waals surface area contributed by atoms with Gasteiger partial charge in [-0.3, -0.25) is 14.9 Å². The highest BCUT2D eigenvalue weighted by atomic mass is 16.6. The summed E-state index contributed by atoms with van der Waals surface area (Å²) < 4.78 is 15.1. The maximum absolute atomic E-state index is 12.1. The molecule has 0 bridgehead atoms. The van der Waals surface area contributed by atoms with Gasteiger partial charge in [-0.15, -0.1) is 0 Å². The molecule has 2 aromatic rings. The number of ketones is 1. The van der Waals surface area contributed by atoms with E-state index in [1.165, 1.54) is 19.2 Å². The van der Waals surface area contributed by atoms with E-state index in [9.17, 15) is 19.7 Å². The van der Waals surface area contributed by atoms with Crippen molar-refractivity contribution < 1.29 is 28.7 Å². The average molecular weight is 359 g/mol. The Morgan fingerprint density at radius 2 is 1.73 bits per heavy atom. The molecule has 0 atom stereocenters. The standard InChI is InChI=1S/C18H17NO7/c1-3-25-14-7-4-12(5-8-14)16(20)11-26-18(21)13-6-9-17(24-2)15(10-13)19(22)23/h4-10H,3,11H2,1-2H3. The minimum absolute atomic E-state index is 0.0250. The summed E-state index contributed by atoms with van der Waals surface area (Å²) in [6.07, 6.45) is 0. The Morgan fingerprint density at radius 3 is 2.31 bits per heavy atom. The first-order valence-corrected chi connectivity index (χ1v) is 7.72. The van der Waals surface area contributed by atoms with Crippen LogP contribution in [0.5, 0.6) is 11.5 Å². The highest BCUT2D eigenvalue weighted by Gasteiger charge is 2.19. The van der Waals surface area contributed by atoms with Crippen molar-refractivity contribution in [1.29, 1.82) is 0 Å². The predicted octanol–water partition coefficient (Wildman–Crippen LogP) is 3.04. The molecule has 26 heavy (non-hydrogen) atoms. The van der Waals surface area contributed by atoms with Crippen molar-refractivity contribution in [3.05, 3.63) is 63.7 Å². The van der Waals surface area contributed by atoms with Gasteiger partial charge in [0.25, 0.3) is 0 Å². The normalized spacial score (nSPS) is 10.1. The zero-order valence-electron chi connectivity index (χ0n) is 14.3. The average Bonchev–Trinajstić information content (AvgIpc) is 2.66. The third kappa shape index (κ3) is 4.56. The van der Waals surface area contributed by atoms with Crippen molar-refractivity contribution in [1.82, 2.24) is 0 Å². The first-order valence-electron chi connectivity index (χ1n) is 7.72. The van der Waals surface area contributed by atoms with Crippen LogP contribution < -0.4 is 9.47 Å². The molecular formula is C18H17NO7. The second-order valence-electron chi connectivity index (χ2n) is 5.10. The van der Waals surface area contributed by atoms with E-state index in [0.29, 0.717) is 17.9 Å². The highest BCUT2D eigenvalue weighted by Crippen LogP contribution is 2.27. The van der Waals surface area contributed by atoms with Crippen LogP contribution in [-0.2, 0) is 4.74 Å². The van der Waals surface area contributed by atoms with Crippen molar-refractivity contribution >= 4 is 17.4 Å². The molecule has 0 spiro atoms. The molecule has 0 aliphatic heterocycles. The fraction of sp³-hybridized carbons (Fsp3) is 0.222. The quantitative estimate of drug-likeness (QED) is 0.309. The number of carbonyl (C=O) groups is 2. The SMILES string of the molecule is CCOc1ccc(C(=O)COC(=O)c2ccc(OC)c([N+](=O)[O-])c2)cc1. The van der Waals surface area contributed by atoms with Gasteiger partial charge in [-0.1, -0.05) is 0 Å². The predicted molar refractivity (Wildman–Crippen MR) is 91.9 cm³/mol. The van der Waals surface area contributed by atoms with Gasteiger partial charge in [-0.05, 0) is 43.3 Å². The van der Waals surface area contributed by atoms with Gasteiger partial charge in [0, 0.05) is 11.6 Å². The lowest BCUT2D eigenvalue weighted by Crippen LogP contribution is -2.14. The Hall–Kier alpha value is -3.42. The molecule has 0 radical (unpaired) electrons. The lowest BCUT2D eigenvalue weighted by molar-refractivity contribution is -0.385. The van der Waals surface area contributed by atoms with Gasteiger partial charge in [0.1, 0.15) is 5.75 Å². The molecule has 8 nitrogen and oxygen atoms in total. The van der Waals surface area contributed by atoms with Gasteiger partial charge in [0.05, 0.1) is 24.2 Å². The molecule has 136 valence electrons. The van der Waals surface area contributed by atoms with E-state index in [2.05, 4.69) is 0 Å². The number of ether oxygens (including phenoxy) is 3. The number of nitro benzene ring substituents is 1. The lowest BCUT2D eigenvalue weighted by Gasteiger charge is -2.07. The molecular weight excluding hydrogens is 342 g/mol. The summed E-state index contributed by atoms with van der Waals surface area (Å²) in [4.78, 5) is 34.4. The first-order chi connectivity index (χ1) is 12.5. The molecule has 0 saturated carbocycles. The number of hydrogen-bond donors (Lipinski definition) is 0. The largest absolute Gasteiger partial charge is 0.494 e. The number of carbonyl (C=O) groups excluding carboxylic acids is 2. The third-order valence-electron chi connectivity index (χ3n) is 3.43. The number of nitro groups is 1. The maximum Gasteiger partial charge on any atom is 0.338 e. The molecule has 8 heteroatoms. The lowest BCUT2D eigenvalue weighted by atomic mass is 10.1. The van der Waals surface area contributed by atoms with Crippen LogP contribution in [0.4, 0.5) is 5.69 Å². The van der Waals surface area contributed by atoms with Crippen LogP contribution in [0, 0.1) is 10.1 Å². The van der Waals surface area contributed by atoms with Gasteiger partial charge in [-0.2, -0.15) is 0 Å². The summed E-state index contributed by atoms with van der Waals surface area (Å²) in [7, 11) is 1.29. The number of rotatable bonds is 8. The van der Waals surface area contributed by atoms with Crippen LogP contribution in [0.3, 0.4) is 0 Å². The molecule has 0 aromatic heterocycles. The van der Waals surface area contributed by atoms with E-state index in [0.717, 1.165) is 6.07 Å². The summed E-state index contributed by atoms with van der Waals surface area (Å²) in [6.45, 7) is 1.88. The van der Waals surface area contributed by atoms with Crippen LogP contribution in [0.1, 0.15) is 27.6 Å². The Labute approximate surface area is 149 Å². The molecule has 0 unspecified atom stereocenters. The van der Waals surface area contributed by atoms with Gasteiger partial charge in [0.15, 0.2) is 18.1 Å². The Morgan fingerprint density at radius 1 is 1.08 bits per heavy atom. The summed E-state index contributed by atoms with van der Waals surface area (Å²) >= 11 is 0. The van der Waals surface area contributed by atoms with Crippen molar-refractivity contribution in [2.24, 2.45) is 0 Å². The fourth-order valence-electron chi connectivity index (χ4n) is 2.16. The number of hydrogen-bond acceptors (Lipinski definition) is 7. The van der Waals surface area contributed by atoms with Crippen LogP contribution in [0.15, 0.2) is 42.5 Å². The zero-order valence-corrected chi connectivity index (χ0v) is 14.3. The summed E-state index contributed by atoms with van der Waals surface area (Å²) in [5.74, 6) is -0.581. The van der Waals surface area contributed by atoms with Gasteiger partial charge in [0.2, 0.25) is 0 Å². The van der Waals surface area contributed by atoms with E-state index in [1.807, 2.05) is 6.92 Å². The second-order valence-corrected chi connectivity index (χ2v) is 5.10. The topological polar surface area (TPSA) is 105 Å². The number of methoxy groups -OCH3 is 1. The van der Waals surface area contributed by atoms with Crippen LogP contribution in [0.2, 0.25) is 0 Å². The Kier molecular flexibility index (Phi) is 6.26. The highest BCUT2D eigenvalue weighted by molar-refractivity contribution is 5.99. The molecule has 0 aliphatic rings. The summed E-state index contributed by atoms with van der Waals surface area (Å²) in [5.41, 5.74) is -0.0428. The second kappa shape index (κ2) is 8.61. The zero-order chi connectivity index (χ0) is 19.1. The van der Waals surface area contributed by atoms with Crippen molar-refractivity contribution in [3.8, 4) is 11.5 Å². The number of Topliss-reactive ketones (excluding diaryl/α,β-unsaturated/α-hetero) is 1. The smallest absolute Gasteiger partial charge is 0.338 e. The minimum Gasteiger partial charge on any atom is -0.494 e. The van der Waals surface area contributed by atoms with Crippen LogP contribution >= 0.6 is 0 Å². The van der Waals surface area contributed by atoms with E-state index in [-0.39, 0.29) is 17.0 Å². The van der Waals surface area contributed by atoms with E-state index in [4.69, 9.17) is 14.2 Å². The molecule has 2 aromatic carbocycles. The van der Waals surface area contributed by atoms with Crippen molar-refractivity contribution in [2.75, 3.05) is 20.3 Å². The summed E-state index contributed by atoms with van der Waals surface area (Å²) in [6, 6.07) is 10.1. The van der Waals surface area contributed by atoms with Gasteiger partial charge >= 0.3 is 11.7 Å². The molecule has 2 rings (SSSR count). The minimum atomic E-state index is -0.838. The molecule has 0 saturated heterocycles. The molecule has 0 fully saturated rings. The van der Waals surface area contributed by atoms with Crippen LogP contribution in [-0.4, -0.2) is 37.0 Å². The van der Waals surface area contributed by atoms with Gasteiger partial charge < -0.3 is 14.2 Å². The van der Waals surface area contributed by atoms with Crippen molar-refractivity contribution in [3.63, 3.8) is 0 Å². The number of nitrogens with zero attached hydrogens (tertiary/aromatic N) is 1.